The van der Waals surface area contributed by atoms with Crippen molar-refractivity contribution in [3.05, 3.63) is 89.0 Å². The quantitative estimate of drug-likeness (QED) is 0.365. The molecule has 1 N–H and O–H groups in total. The minimum Gasteiger partial charge on any atom is -0.379 e. The van der Waals surface area contributed by atoms with E-state index in [0.29, 0.717) is 24.3 Å². The van der Waals surface area contributed by atoms with Gasteiger partial charge in [0.05, 0.1) is 21.1 Å². The molecule has 0 spiro atoms. The highest BCUT2D eigenvalue weighted by Gasteiger charge is 2.17. The van der Waals surface area contributed by atoms with Gasteiger partial charge in [0.1, 0.15) is 0 Å². The van der Waals surface area contributed by atoms with Crippen LogP contribution in [0.5, 0.6) is 0 Å². The minimum atomic E-state index is -2.54. The lowest BCUT2D eigenvalue weighted by Crippen LogP contribution is -2.11. The molecule has 176 valence electrons. The predicted molar refractivity (Wildman–Crippen MR) is 143 cm³/mol. The molecule has 4 heteroatoms. The van der Waals surface area contributed by atoms with Crippen LogP contribution in [-0.2, 0) is 16.3 Å². The zero-order valence-electron chi connectivity index (χ0n) is 21.1. The Kier molecular flexibility index (Phi) is 8.01. The molecular weight excluding hydrogens is 424 g/mol. The summed E-state index contributed by atoms with van der Waals surface area (Å²) in [4.78, 5) is 0.744. The maximum atomic E-state index is 13.4. The van der Waals surface area contributed by atoms with Crippen molar-refractivity contribution in [2.75, 3.05) is 11.6 Å². The van der Waals surface area contributed by atoms with Gasteiger partial charge in [0.25, 0.3) is 0 Å². The third-order valence-electron chi connectivity index (χ3n) is 6.06. The maximum Gasteiger partial charge on any atom is 0.0964 e. The Hall–Kier alpha value is -2.59. The normalized spacial score (nSPS) is 13.4. The van der Waals surface area contributed by atoms with E-state index in [1.165, 1.54) is 22.3 Å². The lowest BCUT2D eigenvalue weighted by Gasteiger charge is -2.24. The largest absolute Gasteiger partial charge is 0.379 e. The second-order valence-electron chi connectivity index (χ2n) is 9.72. The summed E-state index contributed by atoms with van der Waals surface area (Å²) in [5, 5.41) is 3.62. The van der Waals surface area contributed by atoms with E-state index in [4.69, 9.17) is 4.36 Å². The van der Waals surface area contributed by atoms with Crippen LogP contribution in [0.15, 0.2) is 76.0 Å². The van der Waals surface area contributed by atoms with Crippen molar-refractivity contribution in [3.8, 4) is 0 Å². The SMILES string of the molecule is CC(C)c1cc(C(C)C)c(CNc2ccccc2N=S(C)(=O)c2ccccc2)c(C(C)C)c1. The number of anilines is 1. The number of hydrogen-bond donors (Lipinski definition) is 1. The maximum absolute atomic E-state index is 13.4. The van der Waals surface area contributed by atoms with E-state index in [1.807, 2.05) is 54.6 Å². The van der Waals surface area contributed by atoms with E-state index in [-0.39, 0.29) is 0 Å². The van der Waals surface area contributed by atoms with Crippen LogP contribution in [-0.4, -0.2) is 10.5 Å². The topological polar surface area (TPSA) is 41.5 Å². The summed E-state index contributed by atoms with van der Waals surface area (Å²) in [6, 6.07) is 22.1. The Morgan fingerprint density at radius 1 is 0.788 bits per heavy atom. The monoisotopic (exact) mass is 462 g/mol. The van der Waals surface area contributed by atoms with Crippen molar-refractivity contribution >= 4 is 21.1 Å². The van der Waals surface area contributed by atoms with Gasteiger partial charge in [-0.1, -0.05) is 84.0 Å². The van der Waals surface area contributed by atoms with E-state index in [1.54, 1.807) is 6.26 Å². The molecule has 3 aromatic rings. The molecule has 0 aliphatic carbocycles. The summed E-state index contributed by atoms with van der Waals surface area (Å²) < 4.78 is 18.1. The van der Waals surface area contributed by atoms with Crippen LogP contribution < -0.4 is 5.32 Å². The second-order valence-corrected chi connectivity index (χ2v) is 12.0. The van der Waals surface area contributed by atoms with Crippen molar-refractivity contribution in [1.82, 2.24) is 0 Å². The summed E-state index contributed by atoms with van der Waals surface area (Å²) in [6.45, 7) is 14.3. The molecule has 3 aromatic carbocycles. The molecule has 3 rings (SSSR count). The van der Waals surface area contributed by atoms with Crippen LogP contribution in [0.2, 0.25) is 0 Å². The van der Waals surface area contributed by atoms with Gasteiger partial charge in [-0.2, -0.15) is 4.36 Å². The molecule has 0 saturated heterocycles. The third-order valence-corrected chi connectivity index (χ3v) is 7.76. The van der Waals surface area contributed by atoms with Gasteiger partial charge in [-0.25, -0.2) is 4.21 Å². The summed E-state index contributed by atoms with van der Waals surface area (Å²) >= 11 is 0. The molecule has 3 nitrogen and oxygen atoms in total. The highest BCUT2D eigenvalue weighted by Crippen LogP contribution is 2.34. The average Bonchev–Trinajstić information content (AvgIpc) is 2.78. The van der Waals surface area contributed by atoms with Gasteiger partial charge < -0.3 is 5.32 Å². The standard InChI is InChI=1S/C29H38N2OS/c1-20(2)23-17-25(21(3)4)27(26(18-23)22(5)6)19-30-28-15-11-12-16-29(28)31-33(7,32)24-13-9-8-10-14-24/h8-18,20-22,30H,19H2,1-7H3. The second kappa shape index (κ2) is 10.6. The van der Waals surface area contributed by atoms with E-state index in [2.05, 4.69) is 59.0 Å². The molecule has 0 bridgehead atoms. The fraction of sp³-hybridized carbons (Fsp3) is 0.379. The summed E-state index contributed by atoms with van der Waals surface area (Å²) in [7, 11) is -2.54. The van der Waals surface area contributed by atoms with Crippen LogP contribution in [0.4, 0.5) is 11.4 Å². The fourth-order valence-electron chi connectivity index (χ4n) is 4.11. The van der Waals surface area contributed by atoms with Gasteiger partial charge in [-0.15, -0.1) is 0 Å². The highest BCUT2D eigenvalue weighted by molar-refractivity contribution is 7.93. The van der Waals surface area contributed by atoms with Crippen LogP contribution >= 0.6 is 0 Å². The molecule has 0 aliphatic heterocycles. The summed E-state index contributed by atoms with van der Waals surface area (Å²) in [5.41, 5.74) is 7.19. The van der Waals surface area contributed by atoms with Crippen LogP contribution in [0.25, 0.3) is 0 Å². The van der Waals surface area contributed by atoms with E-state index < -0.39 is 9.73 Å². The number of nitrogens with one attached hydrogen (secondary N) is 1. The molecule has 1 atom stereocenters. The lowest BCUT2D eigenvalue weighted by atomic mass is 9.84. The number of benzene rings is 3. The van der Waals surface area contributed by atoms with Crippen LogP contribution in [0, 0.1) is 0 Å². The van der Waals surface area contributed by atoms with Crippen LogP contribution in [0.1, 0.15) is 81.5 Å². The highest BCUT2D eigenvalue weighted by atomic mass is 32.2. The fourth-order valence-corrected chi connectivity index (χ4v) is 5.41. The number of nitrogens with zero attached hydrogens (tertiary/aromatic N) is 1. The molecular formula is C29H38N2OS. The van der Waals surface area contributed by atoms with Gasteiger partial charge in [-0.3, -0.25) is 0 Å². The molecule has 0 saturated carbocycles. The molecule has 0 radical (unpaired) electrons. The molecule has 0 aliphatic rings. The zero-order chi connectivity index (χ0) is 24.2. The van der Waals surface area contributed by atoms with E-state index in [9.17, 15) is 4.21 Å². The van der Waals surface area contributed by atoms with Gasteiger partial charge in [0.15, 0.2) is 0 Å². The Labute approximate surface area is 200 Å². The first-order chi connectivity index (χ1) is 15.6. The van der Waals surface area contributed by atoms with E-state index >= 15 is 0 Å². The summed E-state index contributed by atoms with van der Waals surface area (Å²) in [6.07, 6.45) is 1.71. The van der Waals surface area contributed by atoms with E-state index in [0.717, 1.165) is 16.3 Å². The van der Waals surface area contributed by atoms with Crippen molar-refractivity contribution in [2.45, 2.75) is 70.7 Å². The number of para-hydroxylation sites is 1. The minimum absolute atomic E-state index is 0.436. The first-order valence-corrected chi connectivity index (χ1v) is 13.8. The molecule has 1 unspecified atom stereocenters. The van der Waals surface area contributed by atoms with Gasteiger partial charge in [0.2, 0.25) is 0 Å². The van der Waals surface area contributed by atoms with Crippen molar-refractivity contribution in [1.29, 1.82) is 0 Å². The third kappa shape index (κ3) is 6.05. The number of rotatable bonds is 8. The Balaban J connectivity index is 2.01. The first kappa shape index (κ1) is 25.0. The van der Waals surface area contributed by atoms with Gasteiger partial charge in [0, 0.05) is 17.7 Å². The lowest BCUT2D eigenvalue weighted by molar-refractivity contribution is 0.681. The van der Waals surface area contributed by atoms with Crippen molar-refractivity contribution in [2.24, 2.45) is 4.36 Å². The Bertz CT molecular complexity index is 1170. The van der Waals surface area contributed by atoms with Crippen molar-refractivity contribution < 1.29 is 4.21 Å². The van der Waals surface area contributed by atoms with Gasteiger partial charge in [-0.05, 0) is 64.3 Å². The average molecular weight is 463 g/mol. The first-order valence-electron chi connectivity index (χ1n) is 11.9. The Morgan fingerprint density at radius 2 is 1.33 bits per heavy atom. The molecule has 0 amide bonds. The number of hydrogen-bond acceptors (Lipinski definition) is 3. The van der Waals surface area contributed by atoms with Gasteiger partial charge >= 0.3 is 0 Å². The van der Waals surface area contributed by atoms with Crippen molar-refractivity contribution in [3.63, 3.8) is 0 Å². The Morgan fingerprint density at radius 3 is 1.88 bits per heavy atom. The zero-order valence-corrected chi connectivity index (χ0v) is 21.9. The predicted octanol–water partition coefficient (Wildman–Crippen LogP) is 8.46. The molecule has 0 heterocycles. The molecule has 33 heavy (non-hydrogen) atoms. The van der Waals surface area contributed by atoms with Crippen LogP contribution in [0.3, 0.4) is 0 Å². The smallest absolute Gasteiger partial charge is 0.0964 e. The molecule has 0 fully saturated rings. The summed E-state index contributed by atoms with van der Waals surface area (Å²) in [5.74, 6) is 1.37. The molecule has 0 aromatic heterocycles.